The van der Waals surface area contributed by atoms with Crippen molar-refractivity contribution in [3.8, 4) is 11.6 Å². The number of aromatic nitrogens is 6. The third-order valence-electron chi connectivity index (χ3n) is 6.28. The van der Waals surface area contributed by atoms with Gasteiger partial charge in [-0.2, -0.15) is 14.3 Å². The number of ether oxygens (including phenoxy) is 1. The molecule has 1 N–H and O–H groups in total. The fraction of sp³-hybridized carbons (Fsp3) is 0.192. The molecule has 3 aromatic heterocycles. The van der Waals surface area contributed by atoms with Crippen molar-refractivity contribution in [2.45, 2.75) is 32.8 Å². The van der Waals surface area contributed by atoms with Gasteiger partial charge in [0.15, 0.2) is 17.3 Å². The minimum absolute atomic E-state index is 0.0829. The molecule has 0 spiro atoms. The van der Waals surface area contributed by atoms with E-state index in [0.717, 1.165) is 28.1 Å². The highest BCUT2D eigenvalue weighted by Crippen LogP contribution is 2.40. The maximum absolute atomic E-state index is 12.8. The van der Waals surface area contributed by atoms with E-state index in [1.807, 2.05) is 74.5 Å². The van der Waals surface area contributed by atoms with Crippen LogP contribution in [-0.4, -0.2) is 35.5 Å². The molecule has 1 aliphatic heterocycles. The Balaban J connectivity index is 1.35. The number of halogens is 1. The molecule has 9 nitrogen and oxygen atoms in total. The van der Waals surface area contributed by atoms with Crippen LogP contribution in [0, 0.1) is 13.8 Å². The Bertz CT molecular complexity index is 1620. The second kappa shape index (κ2) is 8.76. The van der Waals surface area contributed by atoms with Crippen molar-refractivity contribution in [1.29, 1.82) is 0 Å². The van der Waals surface area contributed by atoms with E-state index in [2.05, 4.69) is 20.6 Å². The quantitative estimate of drug-likeness (QED) is 0.378. The van der Waals surface area contributed by atoms with Crippen molar-refractivity contribution in [1.82, 2.24) is 29.6 Å². The largest absolute Gasteiger partial charge is 0.489 e. The summed E-state index contributed by atoms with van der Waals surface area (Å²) in [4.78, 5) is 12.8. The summed E-state index contributed by atoms with van der Waals surface area (Å²) in [6.07, 6.45) is 0.314. The smallest absolute Gasteiger partial charge is 0.226 e. The first-order valence-corrected chi connectivity index (χ1v) is 11.9. The number of hydrogen-bond donors (Lipinski definition) is 1. The number of carbonyl (C=O) groups is 1. The molecule has 180 valence electrons. The normalized spacial score (nSPS) is 15.1. The van der Waals surface area contributed by atoms with E-state index in [-0.39, 0.29) is 11.8 Å². The van der Waals surface area contributed by atoms with Crippen molar-refractivity contribution in [2.75, 3.05) is 5.32 Å². The fourth-order valence-corrected chi connectivity index (χ4v) is 4.82. The Labute approximate surface area is 211 Å². The van der Waals surface area contributed by atoms with Crippen LogP contribution < -0.4 is 10.1 Å². The van der Waals surface area contributed by atoms with Crippen LogP contribution in [0.5, 0.6) is 5.75 Å². The van der Waals surface area contributed by atoms with Crippen LogP contribution in [0.25, 0.3) is 11.5 Å². The third-order valence-corrected chi connectivity index (χ3v) is 6.51. The zero-order chi connectivity index (χ0) is 24.8. The molecule has 1 aliphatic rings. The van der Waals surface area contributed by atoms with Gasteiger partial charge in [0.05, 0.1) is 5.69 Å². The number of anilines is 1. The molecule has 36 heavy (non-hydrogen) atoms. The van der Waals surface area contributed by atoms with Crippen LogP contribution in [0.15, 0.2) is 60.7 Å². The summed E-state index contributed by atoms with van der Waals surface area (Å²) in [7, 11) is 0. The number of benzene rings is 2. The predicted octanol–water partition coefficient (Wildman–Crippen LogP) is 4.63. The molecule has 6 rings (SSSR count). The van der Waals surface area contributed by atoms with E-state index < -0.39 is 0 Å². The Morgan fingerprint density at radius 3 is 2.78 bits per heavy atom. The van der Waals surface area contributed by atoms with Gasteiger partial charge in [0, 0.05) is 22.9 Å². The summed E-state index contributed by atoms with van der Waals surface area (Å²) in [5.74, 6) is 2.32. The average Bonchev–Trinajstić information content (AvgIpc) is 3.41. The molecule has 10 heteroatoms. The number of fused-ring (bicyclic) bond motifs is 2. The number of aryl methyl sites for hydroxylation is 2. The number of amides is 1. The topological polar surface area (TPSA) is 99.2 Å². The van der Waals surface area contributed by atoms with Gasteiger partial charge in [0.1, 0.15) is 18.2 Å². The summed E-state index contributed by atoms with van der Waals surface area (Å²) >= 11 is 6.09. The number of nitrogens with zero attached hydrogens (tertiary/aromatic N) is 6. The molecule has 1 atom stereocenters. The molecular formula is C26H22ClN7O2. The number of rotatable bonds is 5. The lowest BCUT2D eigenvalue weighted by Gasteiger charge is -2.24. The minimum atomic E-state index is -0.169. The zero-order valence-electron chi connectivity index (χ0n) is 19.6. The number of nitrogens with one attached hydrogen (secondary N) is 1. The molecule has 1 amide bonds. The summed E-state index contributed by atoms with van der Waals surface area (Å²) in [6.45, 7) is 4.18. The molecule has 0 radical (unpaired) electrons. The summed E-state index contributed by atoms with van der Waals surface area (Å²) in [5.41, 5.74) is 4.39. The van der Waals surface area contributed by atoms with Crippen LogP contribution in [0.1, 0.15) is 40.5 Å². The van der Waals surface area contributed by atoms with E-state index in [1.165, 1.54) is 0 Å². The van der Waals surface area contributed by atoms with Crippen molar-refractivity contribution < 1.29 is 9.53 Å². The second-order valence-electron chi connectivity index (χ2n) is 8.76. The Morgan fingerprint density at radius 2 is 1.92 bits per heavy atom. The van der Waals surface area contributed by atoms with Crippen LogP contribution in [0.2, 0.25) is 5.02 Å². The molecule has 5 aromatic rings. The highest BCUT2D eigenvalue weighted by molar-refractivity contribution is 6.30. The molecule has 0 unspecified atom stereocenters. The lowest BCUT2D eigenvalue weighted by molar-refractivity contribution is -0.116. The van der Waals surface area contributed by atoms with Gasteiger partial charge in [-0.15, -0.1) is 15.3 Å². The van der Waals surface area contributed by atoms with E-state index in [9.17, 15) is 4.79 Å². The molecule has 0 saturated heterocycles. The number of hydrogen-bond acceptors (Lipinski definition) is 6. The molecular weight excluding hydrogens is 478 g/mol. The molecule has 4 heterocycles. The maximum Gasteiger partial charge on any atom is 0.226 e. The van der Waals surface area contributed by atoms with Gasteiger partial charge in [-0.05, 0) is 61.4 Å². The van der Waals surface area contributed by atoms with Gasteiger partial charge in [-0.3, -0.25) is 4.79 Å². The van der Waals surface area contributed by atoms with Crippen LogP contribution in [0.3, 0.4) is 0 Å². The minimum Gasteiger partial charge on any atom is -0.489 e. The summed E-state index contributed by atoms with van der Waals surface area (Å²) in [5, 5.41) is 21.2. The van der Waals surface area contributed by atoms with Gasteiger partial charge in [0.2, 0.25) is 5.91 Å². The summed E-state index contributed by atoms with van der Waals surface area (Å²) < 4.78 is 9.37. The van der Waals surface area contributed by atoms with Crippen molar-refractivity contribution in [2.24, 2.45) is 0 Å². The van der Waals surface area contributed by atoms with Crippen molar-refractivity contribution >= 4 is 29.0 Å². The highest BCUT2D eigenvalue weighted by Gasteiger charge is 2.33. The maximum atomic E-state index is 12.8. The zero-order valence-corrected chi connectivity index (χ0v) is 20.4. The van der Waals surface area contributed by atoms with E-state index >= 15 is 0 Å². The molecule has 2 aromatic carbocycles. The highest BCUT2D eigenvalue weighted by atomic mass is 35.5. The average molecular weight is 500 g/mol. The van der Waals surface area contributed by atoms with Gasteiger partial charge >= 0.3 is 0 Å². The molecule has 0 aliphatic carbocycles. The van der Waals surface area contributed by atoms with Gasteiger partial charge in [0.25, 0.3) is 0 Å². The predicted molar refractivity (Wildman–Crippen MR) is 135 cm³/mol. The molecule has 0 fully saturated rings. The number of carbonyl (C=O) groups excluding carboxylic acids is 1. The lowest BCUT2D eigenvalue weighted by atomic mass is 9.86. The standard InChI is InChI=1S/C26H22ClN7O2/c1-15-25-21(18-6-4-8-20(12-18)36-14-17-5-3-7-19(27)11-17)13-24(35)28-26(25)34(31-15)23-10-9-22-30-29-16(2)33(22)32-23/h3-12,21H,13-14H2,1-2H3,(H,28,35)/t21-/m0/s1. The second-order valence-corrected chi connectivity index (χ2v) is 9.20. The van der Waals surface area contributed by atoms with E-state index in [1.54, 1.807) is 9.20 Å². The van der Waals surface area contributed by atoms with Crippen molar-refractivity contribution in [3.63, 3.8) is 0 Å². The van der Waals surface area contributed by atoms with Gasteiger partial charge in [-0.1, -0.05) is 35.9 Å². The Hall–Kier alpha value is -4.24. The molecule has 0 bridgehead atoms. The Morgan fingerprint density at radius 1 is 1.06 bits per heavy atom. The monoisotopic (exact) mass is 499 g/mol. The SMILES string of the molecule is Cc1nn(-c2ccc3nnc(C)n3n2)c2c1[C@H](c1cccc(OCc3cccc(Cl)c3)c1)CC(=O)N2. The van der Waals surface area contributed by atoms with Crippen molar-refractivity contribution in [3.05, 3.63) is 93.9 Å². The van der Waals surface area contributed by atoms with Crippen LogP contribution >= 0.6 is 11.6 Å². The summed E-state index contributed by atoms with van der Waals surface area (Å²) in [6, 6.07) is 19.1. The van der Waals surface area contributed by atoms with Crippen LogP contribution in [-0.2, 0) is 11.4 Å². The first-order valence-electron chi connectivity index (χ1n) is 11.5. The first kappa shape index (κ1) is 22.2. The van der Waals surface area contributed by atoms with Crippen LogP contribution in [0.4, 0.5) is 5.82 Å². The third kappa shape index (κ3) is 3.97. The first-order chi connectivity index (χ1) is 17.5. The van der Waals surface area contributed by atoms with Gasteiger partial charge in [-0.25, -0.2) is 0 Å². The molecule has 0 saturated carbocycles. The Kier molecular flexibility index (Phi) is 5.41. The lowest BCUT2D eigenvalue weighted by Crippen LogP contribution is -2.25. The fourth-order valence-electron chi connectivity index (χ4n) is 4.61. The van der Waals surface area contributed by atoms with E-state index in [4.69, 9.17) is 21.4 Å². The van der Waals surface area contributed by atoms with E-state index in [0.29, 0.717) is 41.2 Å². The van der Waals surface area contributed by atoms with Gasteiger partial charge < -0.3 is 10.1 Å².